The van der Waals surface area contributed by atoms with E-state index >= 15 is 0 Å². The molecule has 162 valence electrons. The molecule has 7 heteroatoms. The highest BCUT2D eigenvalue weighted by Crippen LogP contribution is 2.17. The van der Waals surface area contributed by atoms with Crippen LogP contribution < -0.4 is 4.72 Å². The molecule has 0 fully saturated rings. The summed E-state index contributed by atoms with van der Waals surface area (Å²) in [4.78, 5) is 10.9. The first-order valence-corrected chi connectivity index (χ1v) is 11.7. The molecule has 1 aromatic carbocycles. The van der Waals surface area contributed by atoms with E-state index in [4.69, 9.17) is 9.66 Å². The van der Waals surface area contributed by atoms with Gasteiger partial charge in [0.15, 0.2) is 0 Å². The van der Waals surface area contributed by atoms with Gasteiger partial charge >= 0.3 is 16.3 Å². The second-order valence-corrected chi connectivity index (χ2v) is 8.29. The molecule has 0 aliphatic heterocycles. The molecule has 3 N–H and O–H groups in total. The van der Waals surface area contributed by atoms with E-state index in [-0.39, 0.29) is 5.92 Å². The van der Waals surface area contributed by atoms with E-state index in [1.165, 1.54) is 32.1 Å². The molecule has 0 saturated heterocycles. The molecule has 28 heavy (non-hydrogen) atoms. The Kier molecular flexibility index (Phi) is 14.7. The Morgan fingerprint density at radius 1 is 0.964 bits per heavy atom. The highest BCUT2D eigenvalue weighted by Gasteiger charge is 2.15. The quantitative estimate of drug-likeness (QED) is 0.296. The van der Waals surface area contributed by atoms with Crippen LogP contribution in [-0.4, -0.2) is 24.0 Å². The number of carbonyl (C=O) groups is 1. The van der Waals surface area contributed by atoms with Crippen molar-refractivity contribution in [3.8, 4) is 0 Å². The molecule has 0 aliphatic carbocycles. The minimum atomic E-state index is -4.12. The van der Waals surface area contributed by atoms with Crippen LogP contribution in [0.5, 0.6) is 0 Å². The number of nitrogens with one attached hydrogen (secondary N) is 1. The van der Waals surface area contributed by atoms with E-state index in [0.717, 1.165) is 31.2 Å². The summed E-state index contributed by atoms with van der Waals surface area (Å²) in [6.45, 7) is 5.92. The third kappa shape index (κ3) is 14.6. The number of aliphatic carboxylic acids is 1. The zero-order valence-corrected chi connectivity index (χ0v) is 18.2. The summed E-state index contributed by atoms with van der Waals surface area (Å²) in [5.41, 5.74) is 0.806. The van der Waals surface area contributed by atoms with E-state index in [2.05, 4.69) is 18.6 Å². The number of carboxylic acids is 1. The molecule has 0 heterocycles. The number of rotatable bonds is 13. The summed E-state index contributed by atoms with van der Waals surface area (Å²) in [5, 5.41) is 8.95. The van der Waals surface area contributed by atoms with E-state index in [1.54, 1.807) is 31.2 Å². The molecular formula is C21H37NO5S. The summed E-state index contributed by atoms with van der Waals surface area (Å²) < 4.78 is 31.5. The van der Waals surface area contributed by atoms with E-state index in [1.807, 2.05) is 6.07 Å². The largest absolute Gasteiger partial charge is 0.481 e. The number of unbranched alkanes of at least 4 members (excludes halogenated alkanes) is 5. The molecule has 0 amide bonds. The molecule has 0 spiro atoms. The molecule has 2 atom stereocenters. The zero-order chi connectivity index (χ0) is 21.4. The first-order chi connectivity index (χ1) is 13.2. The van der Waals surface area contributed by atoms with Crippen molar-refractivity contribution in [1.82, 2.24) is 4.72 Å². The fourth-order valence-corrected chi connectivity index (χ4v) is 3.53. The van der Waals surface area contributed by atoms with Crippen LogP contribution in [0.1, 0.15) is 90.2 Å². The maximum Gasteiger partial charge on any atom is 0.333 e. The van der Waals surface area contributed by atoms with Crippen LogP contribution in [-0.2, 0) is 15.1 Å². The van der Waals surface area contributed by atoms with Crippen molar-refractivity contribution in [2.45, 2.75) is 84.6 Å². The summed E-state index contributed by atoms with van der Waals surface area (Å²) in [5.74, 6) is -0.702. The molecule has 0 bridgehead atoms. The maximum atomic E-state index is 10.9. The second-order valence-electron chi connectivity index (χ2n) is 7.11. The average molecular weight is 416 g/mol. The fourth-order valence-electron chi connectivity index (χ4n) is 2.94. The van der Waals surface area contributed by atoms with Crippen molar-refractivity contribution in [1.29, 1.82) is 0 Å². The fraction of sp³-hybridized carbons (Fsp3) is 0.667. The third-order valence-corrected chi connectivity index (χ3v) is 5.17. The van der Waals surface area contributed by atoms with E-state index in [0.29, 0.717) is 0 Å². The first-order valence-electron chi connectivity index (χ1n) is 10.2. The molecule has 0 saturated carbocycles. The number of carboxylic acid groups (broad SMARTS) is 1. The Labute approximate surface area is 170 Å². The Morgan fingerprint density at radius 3 is 2.04 bits per heavy atom. The number of hydrogen-bond acceptors (Lipinski definition) is 3. The maximum absolute atomic E-state index is 10.9. The Balaban J connectivity index is 0.000000525. The van der Waals surface area contributed by atoms with Crippen LogP contribution in [0.25, 0.3) is 0 Å². The van der Waals surface area contributed by atoms with Crippen LogP contribution in [0.4, 0.5) is 0 Å². The lowest BCUT2D eigenvalue weighted by Crippen LogP contribution is -2.25. The van der Waals surface area contributed by atoms with Gasteiger partial charge in [0.25, 0.3) is 0 Å². The molecule has 6 nitrogen and oxygen atoms in total. The van der Waals surface area contributed by atoms with Gasteiger partial charge < -0.3 is 5.11 Å². The van der Waals surface area contributed by atoms with E-state index in [9.17, 15) is 13.2 Å². The summed E-state index contributed by atoms with van der Waals surface area (Å²) >= 11 is 0. The average Bonchev–Trinajstić information content (AvgIpc) is 2.63. The Bertz CT molecular complexity index is 619. The molecule has 0 aromatic heterocycles. The minimum Gasteiger partial charge on any atom is -0.481 e. The van der Waals surface area contributed by atoms with Crippen molar-refractivity contribution in [3.63, 3.8) is 0 Å². The summed E-state index contributed by atoms with van der Waals surface area (Å²) in [7, 11) is -4.12. The van der Waals surface area contributed by atoms with E-state index < -0.39 is 22.3 Å². The number of hydrogen-bond donors (Lipinski definition) is 3. The number of benzene rings is 1. The standard InChI is InChI=1S/C13H26O2.C8H11NO3S/c1-3-5-6-7-8-9-11-12(10-4-2)13(14)15;1-7(9-13(10,11)12)8-5-3-2-4-6-8/h12H,3-11H2,1-2H3,(H,14,15);2-7,9H,1H3,(H,10,11,12)/t;7-/m.1/s1. The smallest absolute Gasteiger partial charge is 0.333 e. The second kappa shape index (κ2) is 15.5. The molecule has 1 aromatic rings. The third-order valence-electron chi connectivity index (χ3n) is 4.52. The van der Waals surface area contributed by atoms with Crippen molar-refractivity contribution >= 4 is 16.3 Å². The molecule has 0 radical (unpaired) electrons. The topological polar surface area (TPSA) is 104 Å². The SMILES string of the molecule is CCCCCCCCC(CCC)C(=O)O.C[C@@H](NS(=O)(=O)O)c1ccccc1. The van der Waals surface area contributed by atoms with Crippen molar-refractivity contribution in [2.75, 3.05) is 0 Å². The molecule has 1 unspecified atom stereocenters. The van der Waals surface area contributed by atoms with Crippen LogP contribution >= 0.6 is 0 Å². The Hall–Kier alpha value is -1.44. The van der Waals surface area contributed by atoms with Gasteiger partial charge in [0.05, 0.1) is 5.92 Å². The lowest BCUT2D eigenvalue weighted by atomic mass is 9.96. The van der Waals surface area contributed by atoms with Crippen LogP contribution in [0.2, 0.25) is 0 Å². The van der Waals surface area contributed by atoms with Gasteiger partial charge in [-0.1, -0.05) is 89.1 Å². The van der Waals surface area contributed by atoms with Crippen molar-refractivity contribution < 1.29 is 22.9 Å². The van der Waals surface area contributed by atoms with Gasteiger partial charge in [0, 0.05) is 6.04 Å². The summed E-state index contributed by atoms with van der Waals surface area (Å²) in [6.07, 6.45) is 10.1. The van der Waals surface area contributed by atoms with Crippen molar-refractivity contribution in [3.05, 3.63) is 35.9 Å². The summed E-state index contributed by atoms with van der Waals surface area (Å²) in [6, 6.07) is 8.58. The molecular weight excluding hydrogens is 378 g/mol. The van der Waals surface area contributed by atoms with Gasteiger partial charge in [-0.25, -0.2) is 0 Å². The van der Waals surface area contributed by atoms with Gasteiger partial charge in [0.1, 0.15) is 0 Å². The van der Waals surface area contributed by atoms with Crippen LogP contribution in [0.15, 0.2) is 30.3 Å². The minimum absolute atomic E-state index is 0.0961. The highest BCUT2D eigenvalue weighted by molar-refractivity contribution is 7.83. The van der Waals surface area contributed by atoms with Gasteiger partial charge in [-0.2, -0.15) is 13.1 Å². The van der Waals surface area contributed by atoms with Crippen LogP contribution in [0, 0.1) is 5.92 Å². The monoisotopic (exact) mass is 415 g/mol. The molecule has 1 rings (SSSR count). The van der Waals surface area contributed by atoms with Crippen molar-refractivity contribution in [2.24, 2.45) is 5.92 Å². The Morgan fingerprint density at radius 2 is 1.54 bits per heavy atom. The van der Waals surface area contributed by atoms with Gasteiger partial charge in [-0.05, 0) is 25.3 Å². The van der Waals surface area contributed by atoms with Gasteiger partial charge in [0.2, 0.25) is 0 Å². The molecule has 0 aliphatic rings. The zero-order valence-electron chi connectivity index (χ0n) is 17.4. The highest BCUT2D eigenvalue weighted by atomic mass is 32.2. The van der Waals surface area contributed by atoms with Crippen LogP contribution in [0.3, 0.4) is 0 Å². The predicted molar refractivity (Wildman–Crippen MR) is 114 cm³/mol. The lowest BCUT2D eigenvalue weighted by molar-refractivity contribution is -0.142. The van der Waals surface area contributed by atoms with Gasteiger partial charge in [-0.15, -0.1) is 0 Å². The van der Waals surface area contributed by atoms with Gasteiger partial charge in [-0.3, -0.25) is 9.35 Å². The lowest BCUT2D eigenvalue weighted by Gasteiger charge is -2.10. The predicted octanol–water partition coefficient (Wildman–Crippen LogP) is 5.38. The normalized spacial score (nSPS) is 13.3. The first kappa shape index (κ1) is 26.6.